The summed E-state index contributed by atoms with van der Waals surface area (Å²) in [6.07, 6.45) is 10.0. The van der Waals surface area contributed by atoms with Crippen LogP contribution in [0.1, 0.15) is 49.0 Å². The number of benzene rings is 1. The second kappa shape index (κ2) is 8.11. The molecule has 1 aliphatic rings. The third kappa shape index (κ3) is 4.45. The summed E-state index contributed by atoms with van der Waals surface area (Å²) in [5, 5.41) is 6.77. The first-order valence-electron chi connectivity index (χ1n) is 8.37. The molecular weight excluding hydrogens is 324 g/mol. The number of carbonyl (C=O) groups excluding carboxylic acids is 1. The molecular formula is C18H21ClN4O. The van der Waals surface area contributed by atoms with Gasteiger partial charge >= 0.3 is 0 Å². The van der Waals surface area contributed by atoms with Gasteiger partial charge in [-0.2, -0.15) is 0 Å². The number of hydrogen-bond acceptors (Lipinski definition) is 4. The van der Waals surface area contributed by atoms with Crippen LogP contribution < -0.4 is 10.6 Å². The summed E-state index contributed by atoms with van der Waals surface area (Å²) in [5.41, 5.74) is 1.09. The lowest BCUT2D eigenvalue weighted by atomic mass is 10.1. The molecule has 1 saturated carbocycles. The Kier molecular flexibility index (Phi) is 5.64. The quantitative estimate of drug-likeness (QED) is 0.810. The van der Waals surface area contributed by atoms with Crippen LogP contribution in [-0.2, 0) is 0 Å². The van der Waals surface area contributed by atoms with Crippen molar-refractivity contribution < 1.29 is 4.79 Å². The van der Waals surface area contributed by atoms with Crippen LogP contribution in [0.5, 0.6) is 0 Å². The van der Waals surface area contributed by atoms with Crippen LogP contribution in [0.4, 0.5) is 11.5 Å². The summed E-state index contributed by atoms with van der Waals surface area (Å²) in [6.45, 7) is 0. The van der Waals surface area contributed by atoms with Crippen molar-refractivity contribution in [1.29, 1.82) is 0 Å². The molecule has 24 heavy (non-hydrogen) atoms. The van der Waals surface area contributed by atoms with E-state index in [0.29, 0.717) is 16.5 Å². The Balaban J connectivity index is 1.61. The third-order valence-electron chi connectivity index (χ3n) is 4.21. The molecule has 0 aliphatic heterocycles. The van der Waals surface area contributed by atoms with E-state index >= 15 is 0 Å². The third-order valence-corrected chi connectivity index (χ3v) is 4.54. The van der Waals surface area contributed by atoms with E-state index in [1.807, 2.05) is 18.2 Å². The molecule has 2 aromatic rings. The van der Waals surface area contributed by atoms with Crippen LogP contribution >= 0.6 is 11.6 Å². The van der Waals surface area contributed by atoms with Crippen molar-refractivity contribution in [3.63, 3.8) is 0 Å². The van der Waals surface area contributed by atoms with Gasteiger partial charge in [0.25, 0.3) is 5.91 Å². The Morgan fingerprint density at radius 3 is 2.46 bits per heavy atom. The molecule has 0 saturated heterocycles. The fourth-order valence-electron chi connectivity index (χ4n) is 2.89. The predicted molar refractivity (Wildman–Crippen MR) is 95.7 cm³/mol. The molecule has 126 valence electrons. The van der Waals surface area contributed by atoms with Gasteiger partial charge in [0.15, 0.2) is 0 Å². The van der Waals surface area contributed by atoms with Crippen molar-refractivity contribution in [2.45, 2.75) is 44.6 Å². The van der Waals surface area contributed by atoms with E-state index in [4.69, 9.17) is 11.6 Å². The van der Waals surface area contributed by atoms with Gasteiger partial charge in [-0.1, -0.05) is 49.4 Å². The number of halogens is 1. The molecule has 1 heterocycles. The van der Waals surface area contributed by atoms with E-state index in [-0.39, 0.29) is 11.9 Å². The van der Waals surface area contributed by atoms with Crippen LogP contribution in [0.2, 0.25) is 5.02 Å². The second-order valence-corrected chi connectivity index (χ2v) is 6.46. The predicted octanol–water partition coefficient (Wildman–Crippen LogP) is 4.33. The number of hydrogen-bond donors (Lipinski definition) is 2. The SMILES string of the molecule is O=C(NC1CCCCCC1)c1cnc(Nc2ccccc2Cl)cn1. The molecule has 1 aliphatic carbocycles. The Hall–Kier alpha value is -2.14. The Morgan fingerprint density at radius 2 is 1.79 bits per heavy atom. The number of anilines is 2. The van der Waals surface area contributed by atoms with Crippen molar-refractivity contribution in [2.24, 2.45) is 0 Å². The minimum Gasteiger partial charge on any atom is -0.348 e. The van der Waals surface area contributed by atoms with Gasteiger partial charge in [0.05, 0.1) is 23.1 Å². The topological polar surface area (TPSA) is 66.9 Å². The van der Waals surface area contributed by atoms with Crippen LogP contribution in [0.3, 0.4) is 0 Å². The van der Waals surface area contributed by atoms with E-state index in [1.54, 1.807) is 12.3 Å². The molecule has 0 atom stereocenters. The summed E-state index contributed by atoms with van der Waals surface area (Å²) in [5.74, 6) is 0.396. The van der Waals surface area contributed by atoms with Crippen molar-refractivity contribution >= 4 is 29.0 Å². The molecule has 3 rings (SSSR count). The Bertz CT molecular complexity index is 682. The van der Waals surface area contributed by atoms with Crippen LogP contribution in [0.25, 0.3) is 0 Å². The highest BCUT2D eigenvalue weighted by atomic mass is 35.5. The molecule has 1 aromatic carbocycles. The van der Waals surface area contributed by atoms with Gasteiger partial charge in [-0.05, 0) is 25.0 Å². The van der Waals surface area contributed by atoms with Crippen LogP contribution in [0.15, 0.2) is 36.7 Å². The maximum absolute atomic E-state index is 12.3. The number of aromatic nitrogens is 2. The molecule has 1 fully saturated rings. The molecule has 0 radical (unpaired) electrons. The zero-order valence-electron chi connectivity index (χ0n) is 13.5. The monoisotopic (exact) mass is 344 g/mol. The zero-order valence-corrected chi connectivity index (χ0v) is 14.2. The van der Waals surface area contributed by atoms with E-state index in [2.05, 4.69) is 20.6 Å². The molecule has 1 aromatic heterocycles. The van der Waals surface area contributed by atoms with Crippen molar-refractivity contribution in [3.8, 4) is 0 Å². The first kappa shape index (κ1) is 16.7. The lowest BCUT2D eigenvalue weighted by Gasteiger charge is -2.15. The van der Waals surface area contributed by atoms with Gasteiger partial charge in [0, 0.05) is 6.04 Å². The standard InChI is InChI=1S/C18H21ClN4O/c19-14-9-5-6-10-15(14)23-17-12-20-16(11-21-17)18(24)22-13-7-3-1-2-4-8-13/h5-6,9-13H,1-4,7-8H2,(H,21,23)(H,22,24). The lowest BCUT2D eigenvalue weighted by Crippen LogP contribution is -2.34. The van der Waals surface area contributed by atoms with E-state index in [0.717, 1.165) is 18.5 Å². The molecule has 2 N–H and O–H groups in total. The second-order valence-electron chi connectivity index (χ2n) is 6.05. The Labute approximate surface area is 146 Å². The lowest BCUT2D eigenvalue weighted by molar-refractivity contribution is 0.0928. The van der Waals surface area contributed by atoms with Crippen LogP contribution in [-0.4, -0.2) is 21.9 Å². The van der Waals surface area contributed by atoms with Crippen LogP contribution in [0, 0.1) is 0 Å². The van der Waals surface area contributed by atoms with E-state index < -0.39 is 0 Å². The first-order chi connectivity index (χ1) is 11.7. The highest BCUT2D eigenvalue weighted by Crippen LogP contribution is 2.23. The average molecular weight is 345 g/mol. The van der Waals surface area contributed by atoms with E-state index in [9.17, 15) is 4.79 Å². The highest BCUT2D eigenvalue weighted by molar-refractivity contribution is 6.33. The number of para-hydroxylation sites is 1. The number of nitrogens with zero attached hydrogens (tertiary/aromatic N) is 2. The smallest absolute Gasteiger partial charge is 0.271 e. The number of rotatable bonds is 4. The van der Waals surface area contributed by atoms with Crippen molar-refractivity contribution in [3.05, 3.63) is 47.4 Å². The molecule has 6 heteroatoms. The molecule has 0 unspecified atom stereocenters. The maximum Gasteiger partial charge on any atom is 0.271 e. The summed E-state index contributed by atoms with van der Waals surface area (Å²) in [7, 11) is 0. The largest absolute Gasteiger partial charge is 0.348 e. The number of amides is 1. The highest BCUT2D eigenvalue weighted by Gasteiger charge is 2.16. The Morgan fingerprint density at radius 1 is 1.04 bits per heavy atom. The van der Waals surface area contributed by atoms with Gasteiger partial charge in [-0.3, -0.25) is 4.79 Å². The summed E-state index contributed by atoms with van der Waals surface area (Å²) < 4.78 is 0. The molecule has 5 nitrogen and oxygen atoms in total. The minimum absolute atomic E-state index is 0.154. The normalized spacial score (nSPS) is 15.5. The van der Waals surface area contributed by atoms with Crippen molar-refractivity contribution in [1.82, 2.24) is 15.3 Å². The molecule has 0 bridgehead atoms. The van der Waals surface area contributed by atoms with Gasteiger partial charge in [-0.25, -0.2) is 9.97 Å². The summed E-state index contributed by atoms with van der Waals surface area (Å²) in [4.78, 5) is 20.8. The van der Waals surface area contributed by atoms with E-state index in [1.165, 1.54) is 31.9 Å². The van der Waals surface area contributed by atoms with Gasteiger partial charge in [0.1, 0.15) is 11.5 Å². The summed E-state index contributed by atoms with van der Waals surface area (Å²) in [6, 6.07) is 7.65. The zero-order chi connectivity index (χ0) is 16.8. The maximum atomic E-state index is 12.3. The van der Waals surface area contributed by atoms with Gasteiger partial charge < -0.3 is 10.6 Å². The molecule has 0 spiro atoms. The average Bonchev–Trinajstić information content (AvgIpc) is 2.86. The van der Waals surface area contributed by atoms with Gasteiger partial charge in [0.2, 0.25) is 0 Å². The number of nitrogens with one attached hydrogen (secondary N) is 2. The summed E-state index contributed by atoms with van der Waals surface area (Å²) >= 11 is 6.10. The first-order valence-corrected chi connectivity index (χ1v) is 8.74. The number of carbonyl (C=O) groups is 1. The molecule has 1 amide bonds. The van der Waals surface area contributed by atoms with Gasteiger partial charge in [-0.15, -0.1) is 0 Å². The fourth-order valence-corrected chi connectivity index (χ4v) is 3.08. The fraction of sp³-hybridized carbons (Fsp3) is 0.389. The van der Waals surface area contributed by atoms with Crippen molar-refractivity contribution in [2.75, 3.05) is 5.32 Å². The minimum atomic E-state index is -0.154.